The second kappa shape index (κ2) is 10.7. The molecule has 0 unspecified atom stereocenters. The minimum absolute atomic E-state index is 0.0108. The second-order valence-corrected chi connectivity index (χ2v) is 9.54. The fourth-order valence-electron chi connectivity index (χ4n) is 5.07. The van der Waals surface area contributed by atoms with Gasteiger partial charge in [0, 0.05) is 56.0 Å². The van der Waals surface area contributed by atoms with Crippen molar-refractivity contribution >= 4 is 11.8 Å². The molecule has 2 amide bonds. The maximum atomic E-state index is 13.5. The minimum atomic E-state index is -0.0728. The lowest BCUT2D eigenvalue weighted by Gasteiger charge is -2.29. The second-order valence-electron chi connectivity index (χ2n) is 9.54. The summed E-state index contributed by atoms with van der Waals surface area (Å²) in [6.45, 7) is 7.60. The molecule has 36 heavy (non-hydrogen) atoms. The summed E-state index contributed by atoms with van der Waals surface area (Å²) < 4.78 is 12.7. The van der Waals surface area contributed by atoms with Crippen molar-refractivity contribution in [2.75, 3.05) is 32.8 Å². The van der Waals surface area contributed by atoms with Gasteiger partial charge in [0.25, 0.3) is 5.91 Å². The van der Waals surface area contributed by atoms with Gasteiger partial charge in [0.1, 0.15) is 5.76 Å². The lowest BCUT2D eigenvalue weighted by atomic mass is 10.0. The molecule has 0 radical (unpaired) electrons. The predicted molar refractivity (Wildman–Crippen MR) is 133 cm³/mol. The van der Waals surface area contributed by atoms with Crippen LogP contribution in [0.1, 0.15) is 50.7 Å². The van der Waals surface area contributed by atoms with E-state index in [2.05, 4.69) is 29.4 Å². The van der Waals surface area contributed by atoms with Crippen molar-refractivity contribution in [1.29, 1.82) is 0 Å². The third-order valence-electron chi connectivity index (χ3n) is 7.17. The summed E-state index contributed by atoms with van der Waals surface area (Å²) in [5, 5.41) is 8.79. The maximum Gasteiger partial charge on any atom is 0.274 e. The first-order chi connectivity index (χ1) is 17.5. The molecule has 0 N–H and O–H groups in total. The van der Waals surface area contributed by atoms with Gasteiger partial charge in [-0.3, -0.25) is 14.3 Å². The van der Waals surface area contributed by atoms with Crippen molar-refractivity contribution in [3.8, 4) is 0 Å². The van der Waals surface area contributed by atoms with E-state index in [1.165, 1.54) is 5.56 Å². The number of amides is 2. The Kier molecular flexibility index (Phi) is 7.18. The van der Waals surface area contributed by atoms with Crippen LogP contribution in [0.3, 0.4) is 0 Å². The fraction of sp³-hybridized carbons (Fsp3) is 0.481. The van der Waals surface area contributed by atoms with E-state index >= 15 is 0 Å². The zero-order chi connectivity index (χ0) is 25.1. The first-order valence-corrected chi connectivity index (χ1v) is 12.7. The van der Waals surface area contributed by atoms with Gasteiger partial charge >= 0.3 is 0 Å². The number of aryl methyl sites for hydroxylation is 4. The van der Waals surface area contributed by atoms with Crippen molar-refractivity contribution in [3.05, 3.63) is 69.9 Å². The van der Waals surface area contributed by atoms with Crippen LogP contribution in [0.5, 0.6) is 0 Å². The molecule has 0 atom stereocenters. The Morgan fingerprint density at radius 1 is 1.03 bits per heavy atom. The molecule has 3 aromatic rings. The molecule has 0 aliphatic carbocycles. The number of nitrogens with zero attached hydrogens (tertiary/aromatic N) is 5. The van der Waals surface area contributed by atoms with Crippen molar-refractivity contribution in [2.24, 2.45) is 0 Å². The number of carbonyl (C=O) groups is 2. The Bertz CT molecular complexity index is 1210. The van der Waals surface area contributed by atoms with E-state index in [9.17, 15) is 9.59 Å². The highest BCUT2D eigenvalue weighted by Crippen LogP contribution is 2.26. The number of morpholine rings is 1. The molecule has 2 aliphatic heterocycles. The first-order valence-electron chi connectivity index (χ1n) is 12.7. The average Bonchev–Trinajstić information content (AvgIpc) is 3.43. The van der Waals surface area contributed by atoms with Crippen molar-refractivity contribution in [1.82, 2.24) is 24.7 Å². The van der Waals surface area contributed by atoms with E-state index in [0.717, 1.165) is 41.9 Å². The molecule has 1 fully saturated rings. The topological polar surface area (TPSA) is 93.7 Å². The molecule has 2 aromatic heterocycles. The number of ether oxygens (including phenoxy) is 1. The van der Waals surface area contributed by atoms with Crippen LogP contribution in [0.2, 0.25) is 0 Å². The molecule has 4 heterocycles. The molecule has 2 aliphatic rings. The molecule has 0 bridgehead atoms. The lowest BCUT2D eigenvalue weighted by Crippen LogP contribution is -2.42. The van der Waals surface area contributed by atoms with Crippen LogP contribution in [0.15, 0.2) is 34.9 Å². The van der Waals surface area contributed by atoms with Crippen LogP contribution in [0.25, 0.3) is 0 Å². The van der Waals surface area contributed by atoms with Gasteiger partial charge in [-0.1, -0.05) is 35.5 Å². The quantitative estimate of drug-likeness (QED) is 0.505. The zero-order valence-electron chi connectivity index (χ0n) is 21.0. The number of hydrogen-bond donors (Lipinski definition) is 0. The molecule has 190 valence electrons. The summed E-state index contributed by atoms with van der Waals surface area (Å²) in [4.78, 5) is 30.3. The summed E-state index contributed by atoms with van der Waals surface area (Å²) in [6, 6.07) is 10.4. The van der Waals surface area contributed by atoms with Crippen LogP contribution in [0, 0.1) is 13.8 Å². The molecule has 5 rings (SSSR count). The number of benzene rings is 1. The SMILES string of the molecule is Cc1noc(C)c1CC(=O)N1CCc2c(c(C(=O)N3CCOCC3)nn2CCCc2ccccc2)C1. The smallest absolute Gasteiger partial charge is 0.274 e. The van der Waals surface area contributed by atoms with Gasteiger partial charge in [0.15, 0.2) is 5.69 Å². The number of hydrogen-bond acceptors (Lipinski definition) is 6. The van der Waals surface area contributed by atoms with Gasteiger partial charge < -0.3 is 19.1 Å². The standard InChI is InChI=1S/C27H33N5O4/c1-19-22(20(2)36-29-19)17-25(33)31-12-10-24-23(18-31)26(27(34)30-13-15-35-16-14-30)28-32(24)11-6-9-21-7-4-3-5-8-21/h3-5,7-8H,6,9-18H2,1-2H3. The summed E-state index contributed by atoms with van der Waals surface area (Å²) in [5.74, 6) is 0.612. The Morgan fingerprint density at radius 3 is 2.53 bits per heavy atom. The molecule has 0 spiro atoms. The molecule has 9 heteroatoms. The van der Waals surface area contributed by atoms with E-state index in [1.807, 2.05) is 34.4 Å². The minimum Gasteiger partial charge on any atom is -0.378 e. The number of fused-ring (bicyclic) bond motifs is 1. The van der Waals surface area contributed by atoms with Gasteiger partial charge in [-0.2, -0.15) is 5.10 Å². The van der Waals surface area contributed by atoms with Crippen LogP contribution in [-0.2, 0) is 41.9 Å². The van der Waals surface area contributed by atoms with Crippen molar-refractivity contribution < 1.29 is 18.8 Å². The third-order valence-corrected chi connectivity index (χ3v) is 7.17. The van der Waals surface area contributed by atoms with Gasteiger partial charge in [-0.25, -0.2) is 0 Å². The molecule has 9 nitrogen and oxygen atoms in total. The van der Waals surface area contributed by atoms with Crippen LogP contribution >= 0.6 is 0 Å². The zero-order valence-corrected chi connectivity index (χ0v) is 21.0. The van der Waals surface area contributed by atoms with E-state index in [4.69, 9.17) is 14.4 Å². The van der Waals surface area contributed by atoms with Gasteiger partial charge in [-0.05, 0) is 32.3 Å². The first kappa shape index (κ1) is 24.2. The van der Waals surface area contributed by atoms with E-state index < -0.39 is 0 Å². The summed E-state index contributed by atoms with van der Waals surface area (Å²) >= 11 is 0. The highest BCUT2D eigenvalue weighted by atomic mass is 16.5. The Balaban J connectivity index is 1.36. The Labute approximate surface area is 211 Å². The molecule has 1 saturated heterocycles. The molecular weight excluding hydrogens is 458 g/mol. The largest absolute Gasteiger partial charge is 0.378 e. The highest BCUT2D eigenvalue weighted by molar-refractivity contribution is 5.94. The number of carbonyl (C=O) groups excluding carboxylic acids is 2. The Morgan fingerprint density at radius 2 is 1.81 bits per heavy atom. The average molecular weight is 492 g/mol. The van der Waals surface area contributed by atoms with E-state index in [-0.39, 0.29) is 18.2 Å². The summed E-state index contributed by atoms with van der Waals surface area (Å²) in [5.41, 5.74) is 5.30. The number of rotatable bonds is 7. The molecular formula is C27H33N5O4. The monoisotopic (exact) mass is 491 g/mol. The van der Waals surface area contributed by atoms with Gasteiger partial charge in [0.05, 0.1) is 25.3 Å². The van der Waals surface area contributed by atoms with E-state index in [1.54, 1.807) is 0 Å². The number of aromatic nitrogens is 3. The van der Waals surface area contributed by atoms with E-state index in [0.29, 0.717) is 57.3 Å². The van der Waals surface area contributed by atoms with Crippen LogP contribution in [0.4, 0.5) is 0 Å². The Hall–Kier alpha value is -3.46. The lowest BCUT2D eigenvalue weighted by molar-refractivity contribution is -0.131. The molecule has 0 saturated carbocycles. The third kappa shape index (κ3) is 5.06. The maximum absolute atomic E-state index is 13.5. The molecule has 1 aromatic carbocycles. The van der Waals surface area contributed by atoms with Crippen molar-refractivity contribution in [3.63, 3.8) is 0 Å². The highest BCUT2D eigenvalue weighted by Gasteiger charge is 2.32. The fourth-order valence-corrected chi connectivity index (χ4v) is 5.07. The van der Waals surface area contributed by atoms with Gasteiger partial charge in [0.2, 0.25) is 5.91 Å². The summed E-state index contributed by atoms with van der Waals surface area (Å²) in [7, 11) is 0. The van der Waals surface area contributed by atoms with Crippen LogP contribution < -0.4 is 0 Å². The van der Waals surface area contributed by atoms with Crippen molar-refractivity contribution in [2.45, 2.75) is 52.6 Å². The van der Waals surface area contributed by atoms with Crippen LogP contribution in [-0.4, -0.2) is 69.4 Å². The summed E-state index contributed by atoms with van der Waals surface area (Å²) in [6.07, 6.45) is 2.80. The van der Waals surface area contributed by atoms with Gasteiger partial charge in [-0.15, -0.1) is 0 Å². The normalized spacial score (nSPS) is 15.7. The predicted octanol–water partition coefficient (Wildman–Crippen LogP) is 2.72.